The monoisotopic (exact) mass is 1030 g/mol. The number of phosphoric acid groups is 1. The summed E-state index contributed by atoms with van der Waals surface area (Å²) in [4.78, 5) is 39.8. The SMILES string of the molecule is CCCC/C=C\CCCCCCCC(=O)NC(COP(=O)([O-])OCC[N+](C)(C)C)C(/C=C\CCCCCCCCCCCC)OC(=O)CCCCCCCCCCCC/C=C\C/C=C\C/C=C\CCCCC. The van der Waals surface area contributed by atoms with Gasteiger partial charge in [-0.2, -0.15) is 0 Å². The van der Waals surface area contributed by atoms with Crippen molar-refractivity contribution in [1.29, 1.82) is 0 Å². The van der Waals surface area contributed by atoms with E-state index in [-0.39, 0.29) is 24.9 Å². The molecule has 0 spiro atoms. The molecule has 72 heavy (non-hydrogen) atoms. The van der Waals surface area contributed by atoms with E-state index in [2.05, 4.69) is 74.7 Å². The Morgan fingerprint density at radius 2 is 0.861 bits per heavy atom. The zero-order chi connectivity index (χ0) is 52.9. The maximum absolute atomic E-state index is 13.4. The van der Waals surface area contributed by atoms with Crippen LogP contribution in [0.25, 0.3) is 0 Å². The van der Waals surface area contributed by atoms with Crippen LogP contribution in [0.5, 0.6) is 0 Å². The van der Waals surface area contributed by atoms with Gasteiger partial charge in [-0.1, -0.05) is 230 Å². The number of allylic oxidation sites excluding steroid dienone is 9. The van der Waals surface area contributed by atoms with E-state index in [4.69, 9.17) is 13.8 Å². The molecule has 0 rings (SSSR count). The third-order valence-electron chi connectivity index (χ3n) is 13.2. The number of esters is 1. The van der Waals surface area contributed by atoms with Gasteiger partial charge in [-0.3, -0.25) is 14.2 Å². The number of hydrogen-bond acceptors (Lipinski definition) is 7. The van der Waals surface area contributed by atoms with Crippen molar-refractivity contribution >= 4 is 19.7 Å². The Morgan fingerprint density at radius 3 is 1.35 bits per heavy atom. The van der Waals surface area contributed by atoms with Crippen LogP contribution in [0.2, 0.25) is 0 Å². The van der Waals surface area contributed by atoms with Crippen molar-refractivity contribution in [1.82, 2.24) is 5.32 Å². The Morgan fingerprint density at radius 1 is 0.486 bits per heavy atom. The number of likely N-dealkylation sites (N-methyl/N-ethyl adjacent to an activating group) is 1. The summed E-state index contributed by atoms with van der Waals surface area (Å²) >= 11 is 0. The van der Waals surface area contributed by atoms with E-state index in [0.717, 1.165) is 103 Å². The summed E-state index contributed by atoms with van der Waals surface area (Å²) in [6.07, 6.45) is 64.7. The number of carbonyl (C=O) groups excluding carboxylic acids is 2. The van der Waals surface area contributed by atoms with Crippen molar-refractivity contribution in [3.63, 3.8) is 0 Å². The zero-order valence-electron chi connectivity index (χ0n) is 47.9. The number of carbonyl (C=O) groups is 2. The van der Waals surface area contributed by atoms with E-state index < -0.39 is 26.6 Å². The number of nitrogens with one attached hydrogen (secondary N) is 1. The number of phosphoric ester groups is 1. The van der Waals surface area contributed by atoms with Crippen LogP contribution in [0.15, 0.2) is 60.8 Å². The fourth-order valence-electron chi connectivity index (χ4n) is 8.45. The van der Waals surface area contributed by atoms with Crippen molar-refractivity contribution in [2.45, 2.75) is 283 Å². The van der Waals surface area contributed by atoms with Crippen LogP contribution < -0.4 is 10.2 Å². The third-order valence-corrected chi connectivity index (χ3v) is 14.1. The van der Waals surface area contributed by atoms with E-state index in [1.54, 1.807) is 0 Å². The van der Waals surface area contributed by atoms with Gasteiger partial charge in [-0.15, -0.1) is 0 Å². The van der Waals surface area contributed by atoms with Gasteiger partial charge < -0.3 is 28.5 Å². The average Bonchev–Trinajstić information content (AvgIpc) is 3.34. The van der Waals surface area contributed by atoms with Crippen LogP contribution in [-0.2, 0) is 27.9 Å². The lowest BCUT2D eigenvalue weighted by atomic mass is 10.0. The highest BCUT2D eigenvalue weighted by Crippen LogP contribution is 2.38. The fraction of sp³-hybridized carbons (Fsp3) is 0.806. The number of rotatable bonds is 54. The van der Waals surface area contributed by atoms with Crippen LogP contribution in [0.3, 0.4) is 0 Å². The molecular formula is C62H115N2O7P. The summed E-state index contributed by atoms with van der Waals surface area (Å²) in [6, 6.07) is -0.893. The van der Waals surface area contributed by atoms with Gasteiger partial charge in [0.1, 0.15) is 19.3 Å². The maximum Gasteiger partial charge on any atom is 0.306 e. The molecule has 0 aromatic rings. The minimum absolute atomic E-state index is 0.0254. The van der Waals surface area contributed by atoms with Crippen molar-refractivity contribution in [2.75, 3.05) is 40.9 Å². The van der Waals surface area contributed by atoms with Crippen LogP contribution in [-0.4, -0.2) is 69.4 Å². The van der Waals surface area contributed by atoms with Gasteiger partial charge in [0.15, 0.2) is 0 Å². The molecule has 10 heteroatoms. The summed E-state index contributed by atoms with van der Waals surface area (Å²) < 4.78 is 30.2. The summed E-state index contributed by atoms with van der Waals surface area (Å²) in [5.41, 5.74) is 0. The first-order valence-electron chi connectivity index (χ1n) is 30.1. The summed E-state index contributed by atoms with van der Waals surface area (Å²) in [6.45, 7) is 6.77. The maximum atomic E-state index is 13.4. The predicted molar refractivity (Wildman–Crippen MR) is 307 cm³/mol. The second-order valence-electron chi connectivity index (χ2n) is 21.5. The molecule has 0 bridgehead atoms. The summed E-state index contributed by atoms with van der Waals surface area (Å²) in [7, 11) is 1.18. The second-order valence-corrected chi connectivity index (χ2v) is 22.9. The number of unbranched alkanes of at least 4 members (excludes halogenated alkanes) is 30. The molecule has 0 fully saturated rings. The first kappa shape index (κ1) is 69.7. The number of ether oxygens (including phenoxy) is 1. The van der Waals surface area contributed by atoms with E-state index in [9.17, 15) is 19.0 Å². The number of amides is 1. The highest BCUT2D eigenvalue weighted by molar-refractivity contribution is 7.45. The Bertz CT molecular complexity index is 1420. The standard InChI is InChI=1S/C62H115N2O7P/c1-7-10-13-16-19-22-25-27-28-29-30-31-32-33-34-35-36-37-40-43-46-49-52-55-62(66)71-60(53-50-47-44-41-39-26-23-20-17-14-11-8-2)59(58-70-72(67,68)69-57-56-64(4,5)6)63-61(65)54-51-48-45-42-38-24-21-18-15-12-9-3/h18-19,21-22,27-28,30-31,50,53,59-60H,7-17,20,23-26,29,32-49,51-52,54-58H2,1-6H3,(H-,63,65,67,68)/b21-18-,22-19-,28-27-,31-30-,53-50-. The molecule has 0 radical (unpaired) electrons. The quantitative estimate of drug-likeness (QED) is 0.0212. The molecule has 0 aromatic heterocycles. The Kier molecular flexibility index (Phi) is 50.5. The topological polar surface area (TPSA) is 114 Å². The Labute approximate surface area is 445 Å². The van der Waals surface area contributed by atoms with Gasteiger partial charge in [0, 0.05) is 12.8 Å². The van der Waals surface area contributed by atoms with Gasteiger partial charge in [-0.25, -0.2) is 0 Å². The van der Waals surface area contributed by atoms with E-state index >= 15 is 0 Å². The molecule has 0 saturated carbocycles. The Hall–Kier alpha value is -2.29. The lowest BCUT2D eigenvalue weighted by Gasteiger charge is -2.30. The molecule has 0 aromatic carbocycles. The minimum Gasteiger partial charge on any atom is -0.756 e. The van der Waals surface area contributed by atoms with Gasteiger partial charge in [0.2, 0.25) is 5.91 Å². The molecule has 0 aliphatic rings. The summed E-state index contributed by atoms with van der Waals surface area (Å²) in [5, 5.41) is 3.01. The smallest absolute Gasteiger partial charge is 0.306 e. The van der Waals surface area contributed by atoms with E-state index in [1.165, 1.54) is 135 Å². The van der Waals surface area contributed by atoms with Crippen LogP contribution >= 0.6 is 7.82 Å². The van der Waals surface area contributed by atoms with Gasteiger partial charge in [0.05, 0.1) is 33.8 Å². The van der Waals surface area contributed by atoms with Gasteiger partial charge in [-0.05, 0) is 89.5 Å². The van der Waals surface area contributed by atoms with Gasteiger partial charge in [0.25, 0.3) is 7.82 Å². The summed E-state index contributed by atoms with van der Waals surface area (Å²) in [5.74, 6) is -0.554. The van der Waals surface area contributed by atoms with Crippen LogP contribution in [0.4, 0.5) is 0 Å². The van der Waals surface area contributed by atoms with Crippen molar-refractivity contribution in [2.24, 2.45) is 0 Å². The number of nitrogens with zero attached hydrogens (tertiary/aromatic N) is 1. The molecule has 3 atom stereocenters. The highest BCUT2D eigenvalue weighted by Gasteiger charge is 2.27. The zero-order valence-corrected chi connectivity index (χ0v) is 48.8. The van der Waals surface area contributed by atoms with Crippen LogP contribution in [0.1, 0.15) is 271 Å². The minimum atomic E-state index is -4.70. The fourth-order valence-corrected chi connectivity index (χ4v) is 9.17. The van der Waals surface area contributed by atoms with E-state index in [1.807, 2.05) is 33.3 Å². The van der Waals surface area contributed by atoms with Gasteiger partial charge >= 0.3 is 5.97 Å². The molecule has 0 heterocycles. The molecule has 1 N–H and O–H groups in total. The third kappa shape index (κ3) is 52.6. The lowest BCUT2D eigenvalue weighted by Crippen LogP contribution is -2.47. The van der Waals surface area contributed by atoms with Crippen LogP contribution in [0, 0.1) is 0 Å². The highest BCUT2D eigenvalue weighted by atomic mass is 31.2. The second kappa shape index (κ2) is 52.2. The predicted octanol–water partition coefficient (Wildman–Crippen LogP) is 17.6. The first-order valence-corrected chi connectivity index (χ1v) is 31.6. The lowest BCUT2D eigenvalue weighted by molar-refractivity contribution is -0.870. The normalized spacial score (nSPS) is 14.2. The molecule has 9 nitrogen and oxygen atoms in total. The average molecular weight is 1030 g/mol. The van der Waals surface area contributed by atoms with Crippen molar-refractivity contribution in [3.05, 3.63) is 60.8 Å². The van der Waals surface area contributed by atoms with Crippen molar-refractivity contribution < 1.29 is 37.3 Å². The molecule has 420 valence electrons. The largest absolute Gasteiger partial charge is 0.756 e. The molecule has 3 unspecified atom stereocenters. The molecule has 0 aliphatic carbocycles. The molecule has 1 amide bonds. The molecule has 0 saturated heterocycles. The van der Waals surface area contributed by atoms with Crippen molar-refractivity contribution in [3.8, 4) is 0 Å². The molecule has 0 aliphatic heterocycles. The Balaban J connectivity index is 5.17. The number of hydrogen-bond donors (Lipinski definition) is 1. The van der Waals surface area contributed by atoms with E-state index in [0.29, 0.717) is 17.4 Å². The molecular weight excluding hydrogens is 916 g/mol. The number of quaternary nitrogens is 1. The first-order chi connectivity index (χ1) is 34.9.